The normalized spacial score (nSPS) is 10.8. The van der Waals surface area contributed by atoms with Gasteiger partial charge in [0.05, 0.1) is 12.1 Å². The summed E-state index contributed by atoms with van der Waals surface area (Å²) in [6.45, 7) is 4.74. The Balaban J connectivity index is 2.02. The van der Waals surface area contributed by atoms with Gasteiger partial charge in [0.2, 0.25) is 0 Å². The number of thiazole rings is 1. The highest BCUT2D eigenvalue weighted by Gasteiger charge is 2.06. The lowest BCUT2D eigenvalue weighted by Crippen LogP contribution is -2.07. The number of hydrogen-bond donors (Lipinski definition) is 2. The number of carboxylic acid groups (broad SMARTS) is 1. The van der Waals surface area contributed by atoms with Gasteiger partial charge in [-0.05, 0) is 11.5 Å². The van der Waals surface area contributed by atoms with Crippen LogP contribution in [0, 0.1) is 0 Å². The van der Waals surface area contributed by atoms with Gasteiger partial charge in [-0.15, -0.1) is 11.3 Å². The fourth-order valence-corrected chi connectivity index (χ4v) is 2.55. The highest BCUT2D eigenvalue weighted by molar-refractivity contribution is 7.14. The standard InChI is InChI=1S/C15H18N2O2S/c1-10(2)11-3-5-12(6-4-11)13-9-20-15(17-13)16-8-7-14(18)19/h3-6,9-10H,7-8H2,1-2H3,(H,16,17)(H,18,19). The predicted molar refractivity (Wildman–Crippen MR) is 82.4 cm³/mol. The zero-order chi connectivity index (χ0) is 14.5. The van der Waals surface area contributed by atoms with E-state index >= 15 is 0 Å². The molecular formula is C15H18N2O2S. The van der Waals surface area contributed by atoms with Crippen molar-refractivity contribution >= 4 is 22.4 Å². The van der Waals surface area contributed by atoms with Gasteiger partial charge >= 0.3 is 5.97 Å². The van der Waals surface area contributed by atoms with E-state index in [-0.39, 0.29) is 6.42 Å². The van der Waals surface area contributed by atoms with E-state index in [9.17, 15) is 4.79 Å². The van der Waals surface area contributed by atoms with Crippen molar-refractivity contribution in [1.82, 2.24) is 4.98 Å². The fraction of sp³-hybridized carbons (Fsp3) is 0.333. The predicted octanol–water partition coefficient (Wildman–Crippen LogP) is 3.82. The molecule has 0 spiro atoms. The molecular weight excluding hydrogens is 272 g/mol. The number of aliphatic carboxylic acids is 1. The van der Waals surface area contributed by atoms with Crippen LogP contribution in [0.1, 0.15) is 31.7 Å². The largest absolute Gasteiger partial charge is 0.481 e. The molecule has 0 atom stereocenters. The molecule has 0 amide bonds. The van der Waals surface area contributed by atoms with Crippen LogP contribution in [-0.2, 0) is 4.79 Å². The summed E-state index contributed by atoms with van der Waals surface area (Å²) in [6, 6.07) is 8.39. The van der Waals surface area contributed by atoms with Crippen LogP contribution in [-0.4, -0.2) is 22.6 Å². The van der Waals surface area contributed by atoms with E-state index in [0.717, 1.165) is 16.4 Å². The van der Waals surface area contributed by atoms with E-state index < -0.39 is 5.97 Å². The van der Waals surface area contributed by atoms with E-state index in [1.165, 1.54) is 16.9 Å². The Morgan fingerprint density at radius 2 is 2.05 bits per heavy atom. The second-order valence-electron chi connectivity index (χ2n) is 4.89. The second-order valence-corrected chi connectivity index (χ2v) is 5.74. The molecule has 20 heavy (non-hydrogen) atoms. The molecule has 2 aromatic rings. The summed E-state index contributed by atoms with van der Waals surface area (Å²) >= 11 is 1.49. The first kappa shape index (κ1) is 14.5. The number of nitrogens with one attached hydrogen (secondary N) is 1. The second kappa shape index (κ2) is 6.52. The van der Waals surface area contributed by atoms with Crippen LogP contribution in [0.4, 0.5) is 5.13 Å². The van der Waals surface area contributed by atoms with Crippen LogP contribution < -0.4 is 5.32 Å². The third-order valence-electron chi connectivity index (χ3n) is 2.99. The molecule has 0 saturated heterocycles. The van der Waals surface area contributed by atoms with Crippen LogP contribution in [0.25, 0.3) is 11.3 Å². The highest BCUT2D eigenvalue weighted by Crippen LogP contribution is 2.26. The van der Waals surface area contributed by atoms with Crippen LogP contribution in [0.3, 0.4) is 0 Å². The number of rotatable bonds is 6. The van der Waals surface area contributed by atoms with Crippen molar-refractivity contribution in [3.05, 3.63) is 35.2 Å². The van der Waals surface area contributed by atoms with E-state index in [2.05, 4.69) is 48.4 Å². The lowest BCUT2D eigenvalue weighted by molar-refractivity contribution is -0.136. The monoisotopic (exact) mass is 290 g/mol. The quantitative estimate of drug-likeness (QED) is 0.849. The van der Waals surface area contributed by atoms with Crippen molar-refractivity contribution in [2.24, 2.45) is 0 Å². The van der Waals surface area contributed by atoms with Crippen molar-refractivity contribution in [2.75, 3.05) is 11.9 Å². The summed E-state index contributed by atoms with van der Waals surface area (Å²) in [5, 5.41) is 14.3. The maximum absolute atomic E-state index is 10.4. The van der Waals surface area contributed by atoms with Crippen molar-refractivity contribution < 1.29 is 9.90 Å². The van der Waals surface area contributed by atoms with Crippen LogP contribution in [0.5, 0.6) is 0 Å². The molecule has 0 fully saturated rings. The topological polar surface area (TPSA) is 62.2 Å². The molecule has 1 aromatic carbocycles. The van der Waals surface area contributed by atoms with Crippen molar-refractivity contribution in [3.63, 3.8) is 0 Å². The van der Waals surface area contributed by atoms with Gasteiger partial charge in [-0.25, -0.2) is 4.98 Å². The van der Waals surface area contributed by atoms with Gasteiger partial charge in [0, 0.05) is 17.5 Å². The zero-order valence-electron chi connectivity index (χ0n) is 11.6. The van der Waals surface area contributed by atoms with Gasteiger partial charge in [0.25, 0.3) is 0 Å². The number of hydrogen-bond acceptors (Lipinski definition) is 4. The Labute approximate surface area is 122 Å². The lowest BCUT2D eigenvalue weighted by Gasteiger charge is -2.05. The molecule has 2 N–H and O–H groups in total. The van der Waals surface area contributed by atoms with Gasteiger partial charge in [-0.3, -0.25) is 4.79 Å². The molecule has 0 aliphatic heterocycles. The smallest absolute Gasteiger partial charge is 0.305 e. The molecule has 0 aliphatic rings. The van der Waals surface area contributed by atoms with Crippen LogP contribution >= 0.6 is 11.3 Å². The summed E-state index contributed by atoms with van der Waals surface area (Å²) in [6.07, 6.45) is 0.0952. The maximum atomic E-state index is 10.4. The van der Waals surface area contributed by atoms with E-state index in [0.29, 0.717) is 12.5 Å². The van der Waals surface area contributed by atoms with Crippen molar-refractivity contribution in [1.29, 1.82) is 0 Å². The lowest BCUT2D eigenvalue weighted by atomic mass is 10.0. The average Bonchev–Trinajstić information content (AvgIpc) is 2.87. The molecule has 0 aliphatic carbocycles. The molecule has 0 saturated carbocycles. The molecule has 0 bridgehead atoms. The summed E-state index contributed by atoms with van der Waals surface area (Å²) in [5.41, 5.74) is 3.31. The highest BCUT2D eigenvalue weighted by atomic mass is 32.1. The minimum Gasteiger partial charge on any atom is -0.481 e. The number of carboxylic acids is 1. The van der Waals surface area contributed by atoms with Gasteiger partial charge in [0.1, 0.15) is 0 Å². The Morgan fingerprint density at radius 1 is 1.35 bits per heavy atom. The maximum Gasteiger partial charge on any atom is 0.305 e. The molecule has 1 aromatic heterocycles. The zero-order valence-corrected chi connectivity index (χ0v) is 12.4. The number of aromatic nitrogens is 1. The van der Waals surface area contributed by atoms with E-state index in [1.807, 2.05) is 5.38 Å². The fourth-order valence-electron chi connectivity index (χ4n) is 1.80. The minimum absolute atomic E-state index is 0.0952. The molecule has 106 valence electrons. The summed E-state index contributed by atoms with van der Waals surface area (Å²) < 4.78 is 0. The summed E-state index contributed by atoms with van der Waals surface area (Å²) in [5.74, 6) is -0.286. The number of anilines is 1. The van der Waals surface area contributed by atoms with E-state index in [1.54, 1.807) is 0 Å². The Kier molecular flexibility index (Phi) is 4.74. The van der Waals surface area contributed by atoms with Crippen LogP contribution in [0.2, 0.25) is 0 Å². The van der Waals surface area contributed by atoms with Gasteiger partial charge in [-0.2, -0.15) is 0 Å². The third-order valence-corrected chi connectivity index (χ3v) is 3.79. The Morgan fingerprint density at radius 3 is 2.65 bits per heavy atom. The van der Waals surface area contributed by atoms with Gasteiger partial charge in [0.15, 0.2) is 5.13 Å². The number of nitrogens with zero attached hydrogens (tertiary/aromatic N) is 1. The SMILES string of the molecule is CC(C)c1ccc(-c2csc(NCCC(=O)O)n2)cc1. The first-order chi connectivity index (χ1) is 9.56. The van der Waals surface area contributed by atoms with Gasteiger partial charge < -0.3 is 10.4 Å². The molecule has 5 heteroatoms. The first-order valence-corrected chi connectivity index (χ1v) is 7.45. The summed E-state index contributed by atoms with van der Waals surface area (Å²) in [7, 11) is 0. The Hall–Kier alpha value is -1.88. The van der Waals surface area contributed by atoms with E-state index in [4.69, 9.17) is 5.11 Å². The molecule has 0 unspecified atom stereocenters. The Bertz CT molecular complexity index is 576. The van der Waals surface area contributed by atoms with Gasteiger partial charge in [-0.1, -0.05) is 38.1 Å². The minimum atomic E-state index is -0.807. The van der Waals surface area contributed by atoms with Crippen LogP contribution in [0.15, 0.2) is 29.6 Å². The number of benzene rings is 1. The van der Waals surface area contributed by atoms with Crippen molar-refractivity contribution in [3.8, 4) is 11.3 Å². The molecule has 4 nitrogen and oxygen atoms in total. The average molecular weight is 290 g/mol. The number of carbonyl (C=O) groups is 1. The van der Waals surface area contributed by atoms with Crippen molar-refractivity contribution in [2.45, 2.75) is 26.2 Å². The molecule has 0 radical (unpaired) electrons. The molecule has 2 rings (SSSR count). The summed E-state index contributed by atoms with van der Waals surface area (Å²) in [4.78, 5) is 14.9. The first-order valence-electron chi connectivity index (χ1n) is 6.58. The third kappa shape index (κ3) is 3.81. The molecule has 1 heterocycles.